The van der Waals surface area contributed by atoms with Crippen molar-refractivity contribution in [1.29, 1.82) is 0 Å². The molecule has 6 unspecified atom stereocenters. The number of anilines is 6. The minimum Gasteiger partial charge on any atom is -0.358 e. The first-order chi connectivity index (χ1) is 37.7. The lowest BCUT2D eigenvalue weighted by molar-refractivity contribution is 0.405. The van der Waals surface area contributed by atoms with Gasteiger partial charge >= 0.3 is 0 Å². The molecule has 4 nitrogen and oxygen atoms in total. The predicted molar refractivity (Wildman–Crippen MR) is 323 cm³/mol. The standard InChI is InChI=1S/C72H70N4/c1-7-19-61(20-8-1)73(62-21-9-2-10-22-62)67-43-31-55(32-44-67)57-35-47-69(48-36-57)75(65-27-15-5-16-28-65)71-51-39-59(40-52-71)60-41-53-72(54-42-60)76(66-29-17-6-18-30-66)70-49-37-58(38-50-70)56-33-45-68(46-34-56)74(63-23-11-3-12-24-63)64-25-13-4-14-26-64/h1,3,5-9,11-13,15-25,27-29,31-39,41,43-45,47-51,53-54,59-60,64,66,68,71H,2,4,10,14,26,30,40,42,46,52H2. The Bertz CT molecular complexity index is 3220. The van der Waals surface area contributed by atoms with E-state index in [1.165, 1.54) is 87.0 Å². The van der Waals surface area contributed by atoms with Crippen molar-refractivity contribution in [2.75, 3.05) is 19.6 Å². The smallest absolute Gasteiger partial charge is 0.0559 e. The van der Waals surface area contributed by atoms with E-state index in [-0.39, 0.29) is 12.1 Å². The van der Waals surface area contributed by atoms with Crippen molar-refractivity contribution in [3.8, 4) is 11.1 Å². The van der Waals surface area contributed by atoms with Crippen molar-refractivity contribution in [2.24, 2.45) is 11.8 Å². The van der Waals surface area contributed by atoms with Gasteiger partial charge in [0.1, 0.15) is 0 Å². The van der Waals surface area contributed by atoms with E-state index in [9.17, 15) is 0 Å². The van der Waals surface area contributed by atoms with E-state index in [4.69, 9.17) is 0 Å². The maximum atomic E-state index is 2.64. The molecule has 378 valence electrons. The fourth-order valence-corrected chi connectivity index (χ4v) is 12.4. The average Bonchev–Trinajstić information content (AvgIpc) is 3.51. The third-order valence-electron chi connectivity index (χ3n) is 16.4. The van der Waals surface area contributed by atoms with Gasteiger partial charge in [0.2, 0.25) is 0 Å². The lowest BCUT2D eigenvalue weighted by Gasteiger charge is -2.39. The monoisotopic (exact) mass is 991 g/mol. The molecule has 0 radical (unpaired) electrons. The van der Waals surface area contributed by atoms with Gasteiger partial charge in [-0.05, 0) is 183 Å². The topological polar surface area (TPSA) is 13.0 Å². The zero-order chi connectivity index (χ0) is 50.9. The van der Waals surface area contributed by atoms with E-state index in [0.717, 1.165) is 44.9 Å². The van der Waals surface area contributed by atoms with Crippen molar-refractivity contribution < 1.29 is 0 Å². The van der Waals surface area contributed by atoms with Gasteiger partial charge in [-0.2, -0.15) is 0 Å². The van der Waals surface area contributed by atoms with Gasteiger partial charge < -0.3 is 19.6 Å². The van der Waals surface area contributed by atoms with Crippen molar-refractivity contribution in [2.45, 2.75) is 88.4 Å². The lowest BCUT2D eigenvalue weighted by atomic mass is 9.79. The number of benzene rings is 6. The summed E-state index contributed by atoms with van der Waals surface area (Å²) in [6.07, 6.45) is 51.5. The van der Waals surface area contributed by atoms with Crippen LogP contribution in [0.1, 0.15) is 69.8 Å². The highest BCUT2D eigenvalue weighted by Crippen LogP contribution is 2.41. The quantitative estimate of drug-likeness (QED) is 0.0951. The van der Waals surface area contributed by atoms with Crippen molar-refractivity contribution in [3.05, 3.63) is 284 Å². The molecule has 0 spiro atoms. The lowest BCUT2D eigenvalue weighted by Crippen LogP contribution is -2.42. The fraction of sp³-hybridized carbons (Fsp3) is 0.222. The highest BCUT2D eigenvalue weighted by molar-refractivity contribution is 5.78. The maximum absolute atomic E-state index is 2.64. The summed E-state index contributed by atoms with van der Waals surface area (Å²) in [6.45, 7) is 0. The van der Waals surface area contributed by atoms with Crippen LogP contribution in [-0.4, -0.2) is 24.2 Å². The van der Waals surface area contributed by atoms with E-state index in [0.29, 0.717) is 23.9 Å². The number of hydrogen-bond donors (Lipinski definition) is 0. The van der Waals surface area contributed by atoms with E-state index in [2.05, 4.69) is 287 Å². The minimum atomic E-state index is 0.266. The molecule has 0 aliphatic heterocycles. The summed E-state index contributed by atoms with van der Waals surface area (Å²) in [7, 11) is 0. The summed E-state index contributed by atoms with van der Waals surface area (Å²) in [5, 5.41) is 0. The third kappa shape index (κ3) is 10.9. The summed E-state index contributed by atoms with van der Waals surface area (Å²) in [5.74, 6) is 0.969. The van der Waals surface area contributed by atoms with Gasteiger partial charge in [0.05, 0.1) is 18.1 Å². The summed E-state index contributed by atoms with van der Waals surface area (Å²) >= 11 is 0. The summed E-state index contributed by atoms with van der Waals surface area (Å²) in [5.41, 5.74) is 14.9. The highest BCUT2D eigenvalue weighted by Gasteiger charge is 2.30. The Morgan fingerprint density at radius 2 is 0.987 bits per heavy atom. The molecule has 0 aromatic heterocycles. The zero-order valence-electron chi connectivity index (χ0n) is 43.7. The Labute approximate surface area is 452 Å². The van der Waals surface area contributed by atoms with Gasteiger partial charge in [-0.3, -0.25) is 0 Å². The molecule has 6 aliphatic carbocycles. The molecular formula is C72H70N4. The molecule has 6 aromatic rings. The van der Waals surface area contributed by atoms with E-state index >= 15 is 0 Å². The first kappa shape index (κ1) is 48.8. The summed E-state index contributed by atoms with van der Waals surface area (Å²) in [4.78, 5) is 10.1. The number of allylic oxidation sites excluding steroid dienone is 12. The zero-order valence-corrected chi connectivity index (χ0v) is 43.7. The Morgan fingerprint density at radius 1 is 0.329 bits per heavy atom. The second-order valence-electron chi connectivity index (χ2n) is 21.2. The van der Waals surface area contributed by atoms with Crippen LogP contribution in [0.15, 0.2) is 278 Å². The van der Waals surface area contributed by atoms with Gasteiger partial charge in [-0.1, -0.05) is 182 Å². The largest absolute Gasteiger partial charge is 0.358 e. The average molecular weight is 991 g/mol. The highest BCUT2D eigenvalue weighted by atomic mass is 15.2. The predicted octanol–water partition coefficient (Wildman–Crippen LogP) is 18.4. The van der Waals surface area contributed by atoms with Crippen LogP contribution in [-0.2, 0) is 0 Å². The van der Waals surface area contributed by atoms with Crippen LogP contribution >= 0.6 is 0 Å². The molecule has 4 heteroatoms. The molecule has 0 heterocycles. The van der Waals surface area contributed by atoms with Gasteiger partial charge in [0.15, 0.2) is 0 Å². The van der Waals surface area contributed by atoms with Crippen LogP contribution in [0, 0.1) is 11.8 Å². The molecule has 0 saturated heterocycles. The Morgan fingerprint density at radius 3 is 1.58 bits per heavy atom. The molecule has 0 fully saturated rings. The van der Waals surface area contributed by atoms with Crippen molar-refractivity contribution in [1.82, 2.24) is 0 Å². The van der Waals surface area contributed by atoms with Crippen LogP contribution in [0.25, 0.3) is 16.7 Å². The number of para-hydroxylation sites is 3. The number of rotatable bonds is 15. The molecule has 6 aromatic carbocycles. The van der Waals surface area contributed by atoms with E-state index in [1.54, 1.807) is 0 Å². The molecule has 0 bridgehead atoms. The molecular weight excluding hydrogens is 921 g/mol. The molecule has 0 N–H and O–H groups in total. The molecule has 6 atom stereocenters. The van der Waals surface area contributed by atoms with Gasteiger partial charge in [-0.15, -0.1) is 0 Å². The second-order valence-corrected chi connectivity index (χ2v) is 21.2. The number of hydrogen-bond acceptors (Lipinski definition) is 4. The molecule has 6 aliphatic rings. The normalized spacial score (nSPS) is 22.6. The van der Waals surface area contributed by atoms with Crippen LogP contribution in [0.2, 0.25) is 0 Å². The fourth-order valence-electron chi connectivity index (χ4n) is 12.4. The first-order valence-electron chi connectivity index (χ1n) is 28.1. The third-order valence-corrected chi connectivity index (χ3v) is 16.4. The van der Waals surface area contributed by atoms with E-state index in [1.807, 2.05) is 0 Å². The van der Waals surface area contributed by atoms with Gasteiger partial charge in [0.25, 0.3) is 0 Å². The molecule has 76 heavy (non-hydrogen) atoms. The molecule has 0 amide bonds. The summed E-state index contributed by atoms with van der Waals surface area (Å²) in [6, 6.07) is 61.6. The van der Waals surface area contributed by atoms with E-state index < -0.39 is 0 Å². The second kappa shape index (κ2) is 23.2. The van der Waals surface area contributed by atoms with Crippen LogP contribution < -0.4 is 19.6 Å². The van der Waals surface area contributed by atoms with Crippen molar-refractivity contribution in [3.63, 3.8) is 0 Å². The van der Waals surface area contributed by atoms with Crippen LogP contribution in [0.3, 0.4) is 0 Å². The summed E-state index contributed by atoms with van der Waals surface area (Å²) < 4.78 is 0. The first-order valence-corrected chi connectivity index (χ1v) is 28.1. The maximum Gasteiger partial charge on any atom is 0.0559 e. The Balaban J connectivity index is 0.716. The van der Waals surface area contributed by atoms with Gasteiger partial charge in [0, 0.05) is 51.6 Å². The Kier molecular flexibility index (Phi) is 14.9. The molecule has 0 saturated carbocycles. The molecule has 12 rings (SSSR count). The van der Waals surface area contributed by atoms with Crippen LogP contribution in [0.4, 0.5) is 34.1 Å². The minimum absolute atomic E-state index is 0.266. The SMILES string of the molecule is C1=CCC(N(C2=CCC(C3C=CC(N(c4ccccc4)c4ccc(-c5ccc(N(C6=CCCC=C6)c6ccccc6)cc5)cc4)CC3)C=C2)c2ccc(C3=CCC(N(c4ccccc4)C4C=CCCC4)C=C3)cc2)C=C1. The van der Waals surface area contributed by atoms with Gasteiger partial charge in [-0.25, -0.2) is 0 Å². The number of nitrogens with zero attached hydrogens (tertiary/aromatic N) is 4. The van der Waals surface area contributed by atoms with Crippen molar-refractivity contribution >= 4 is 39.7 Å². The van der Waals surface area contributed by atoms with Crippen LogP contribution in [0.5, 0.6) is 0 Å². The Hall–Kier alpha value is -8.08.